The third-order valence-electron chi connectivity index (χ3n) is 4.48. The van der Waals surface area contributed by atoms with Gasteiger partial charge < -0.3 is 15.0 Å². The van der Waals surface area contributed by atoms with Crippen molar-refractivity contribution in [3.8, 4) is 5.75 Å². The highest BCUT2D eigenvalue weighted by atomic mass is 35.5. The van der Waals surface area contributed by atoms with Gasteiger partial charge in [0.2, 0.25) is 5.91 Å². The van der Waals surface area contributed by atoms with Crippen molar-refractivity contribution in [2.24, 2.45) is 5.92 Å². The maximum Gasteiger partial charge on any atom is 0.261 e. The first-order valence-electron chi connectivity index (χ1n) is 9.77. The molecule has 2 rings (SSSR count). The van der Waals surface area contributed by atoms with Crippen molar-refractivity contribution < 1.29 is 14.3 Å². The maximum absolute atomic E-state index is 12.9. The number of halogens is 1. The van der Waals surface area contributed by atoms with Gasteiger partial charge in [-0.1, -0.05) is 55.3 Å². The standard InChI is InChI=1S/C23H29ClN2O3/c1-16(2)13-25-23(28)18(4)26(14-19-6-5-7-20(24)12-19)22(27)15-29-21-10-8-17(3)9-11-21/h5-12,16,18H,13-15H2,1-4H3,(H,25,28)/t18-/m1/s1. The summed E-state index contributed by atoms with van der Waals surface area (Å²) in [6.07, 6.45) is 0. The van der Waals surface area contributed by atoms with E-state index in [-0.39, 0.29) is 25.0 Å². The fourth-order valence-electron chi connectivity index (χ4n) is 2.73. The van der Waals surface area contributed by atoms with Crippen molar-refractivity contribution in [3.63, 3.8) is 0 Å². The third kappa shape index (κ3) is 7.42. The molecule has 0 radical (unpaired) electrons. The fraction of sp³-hybridized carbons (Fsp3) is 0.391. The molecule has 0 unspecified atom stereocenters. The third-order valence-corrected chi connectivity index (χ3v) is 4.71. The Labute approximate surface area is 178 Å². The van der Waals surface area contributed by atoms with Crippen LogP contribution in [-0.2, 0) is 16.1 Å². The first kappa shape index (κ1) is 22.8. The number of rotatable bonds is 9. The lowest BCUT2D eigenvalue weighted by Crippen LogP contribution is -2.49. The van der Waals surface area contributed by atoms with Crippen LogP contribution in [0.15, 0.2) is 48.5 Å². The maximum atomic E-state index is 12.9. The van der Waals surface area contributed by atoms with E-state index in [1.807, 2.05) is 57.2 Å². The molecular weight excluding hydrogens is 388 g/mol. The highest BCUT2D eigenvalue weighted by Crippen LogP contribution is 2.16. The van der Waals surface area contributed by atoms with Crippen LogP contribution >= 0.6 is 11.6 Å². The molecule has 2 aromatic rings. The van der Waals surface area contributed by atoms with Crippen LogP contribution in [-0.4, -0.2) is 35.9 Å². The molecule has 0 bridgehead atoms. The van der Waals surface area contributed by atoms with Gasteiger partial charge in [0.15, 0.2) is 6.61 Å². The molecule has 156 valence electrons. The number of benzene rings is 2. The van der Waals surface area contributed by atoms with E-state index in [0.29, 0.717) is 23.2 Å². The van der Waals surface area contributed by atoms with Gasteiger partial charge in [0.25, 0.3) is 5.91 Å². The van der Waals surface area contributed by atoms with E-state index in [9.17, 15) is 9.59 Å². The molecule has 0 saturated carbocycles. The highest BCUT2D eigenvalue weighted by Gasteiger charge is 2.26. The van der Waals surface area contributed by atoms with Gasteiger partial charge >= 0.3 is 0 Å². The van der Waals surface area contributed by atoms with Crippen LogP contribution in [0.2, 0.25) is 5.02 Å². The summed E-state index contributed by atoms with van der Waals surface area (Å²) < 4.78 is 5.64. The molecule has 0 aliphatic rings. The lowest BCUT2D eigenvalue weighted by molar-refractivity contribution is -0.142. The lowest BCUT2D eigenvalue weighted by Gasteiger charge is -2.29. The van der Waals surface area contributed by atoms with Crippen LogP contribution in [0.5, 0.6) is 5.75 Å². The Morgan fingerprint density at radius 2 is 1.79 bits per heavy atom. The zero-order chi connectivity index (χ0) is 21.4. The van der Waals surface area contributed by atoms with Crippen molar-refractivity contribution in [1.29, 1.82) is 0 Å². The number of hydrogen-bond donors (Lipinski definition) is 1. The summed E-state index contributed by atoms with van der Waals surface area (Å²) >= 11 is 6.08. The summed E-state index contributed by atoms with van der Waals surface area (Å²) in [5.41, 5.74) is 1.96. The van der Waals surface area contributed by atoms with Crippen LogP contribution in [0.25, 0.3) is 0 Å². The summed E-state index contributed by atoms with van der Waals surface area (Å²) in [4.78, 5) is 27.1. The van der Waals surface area contributed by atoms with Crippen LogP contribution < -0.4 is 10.1 Å². The molecule has 0 aliphatic carbocycles. The molecule has 2 amide bonds. The van der Waals surface area contributed by atoms with Crippen molar-refractivity contribution >= 4 is 23.4 Å². The predicted molar refractivity (Wildman–Crippen MR) is 116 cm³/mol. The second-order valence-corrected chi connectivity index (χ2v) is 8.00. The van der Waals surface area contributed by atoms with Gasteiger partial charge in [-0.25, -0.2) is 0 Å². The van der Waals surface area contributed by atoms with Crippen LogP contribution in [0.1, 0.15) is 31.9 Å². The second-order valence-electron chi connectivity index (χ2n) is 7.57. The Morgan fingerprint density at radius 1 is 1.10 bits per heavy atom. The summed E-state index contributed by atoms with van der Waals surface area (Å²) in [5, 5.41) is 3.48. The molecule has 0 aromatic heterocycles. The zero-order valence-electron chi connectivity index (χ0n) is 17.4. The highest BCUT2D eigenvalue weighted by molar-refractivity contribution is 6.30. The molecule has 0 heterocycles. The van der Waals surface area contributed by atoms with Gasteiger partial charge in [0, 0.05) is 18.1 Å². The van der Waals surface area contributed by atoms with Gasteiger partial charge in [-0.15, -0.1) is 0 Å². The monoisotopic (exact) mass is 416 g/mol. The molecule has 0 saturated heterocycles. The summed E-state index contributed by atoms with van der Waals surface area (Å²) in [7, 11) is 0. The smallest absolute Gasteiger partial charge is 0.261 e. The normalized spacial score (nSPS) is 11.8. The number of amides is 2. The molecule has 0 fully saturated rings. The molecule has 0 aliphatic heterocycles. The Hall–Kier alpha value is -2.53. The summed E-state index contributed by atoms with van der Waals surface area (Å²) in [6.45, 7) is 8.44. The summed E-state index contributed by atoms with van der Waals surface area (Å²) in [6, 6.07) is 14.1. The average Bonchev–Trinajstić information content (AvgIpc) is 2.69. The second kappa shape index (κ2) is 10.9. The predicted octanol–water partition coefficient (Wildman–Crippen LogP) is 4.22. The van der Waals surface area contributed by atoms with Gasteiger partial charge in [0.05, 0.1) is 0 Å². The number of carbonyl (C=O) groups excluding carboxylic acids is 2. The molecular formula is C23H29ClN2O3. The molecule has 1 atom stereocenters. The van der Waals surface area contributed by atoms with Gasteiger partial charge in [-0.2, -0.15) is 0 Å². The number of ether oxygens (including phenoxy) is 1. The minimum Gasteiger partial charge on any atom is -0.484 e. The number of carbonyl (C=O) groups is 2. The Balaban J connectivity index is 2.12. The first-order chi connectivity index (χ1) is 13.8. The van der Waals surface area contributed by atoms with Gasteiger partial charge in [-0.05, 0) is 49.6 Å². The zero-order valence-corrected chi connectivity index (χ0v) is 18.2. The minimum atomic E-state index is -0.637. The van der Waals surface area contributed by atoms with Crippen molar-refractivity contribution in [3.05, 3.63) is 64.7 Å². The number of nitrogens with one attached hydrogen (secondary N) is 1. The Bertz CT molecular complexity index is 821. The quantitative estimate of drug-likeness (QED) is 0.665. The number of nitrogens with zero attached hydrogens (tertiary/aromatic N) is 1. The Morgan fingerprint density at radius 3 is 2.41 bits per heavy atom. The van der Waals surface area contributed by atoms with E-state index in [1.165, 1.54) is 4.90 Å². The fourth-order valence-corrected chi connectivity index (χ4v) is 2.94. The van der Waals surface area contributed by atoms with Crippen LogP contribution in [0.3, 0.4) is 0 Å². The molecule has 1 N–H and O–H groups in total. The van der Waals surface area contributed by atoms with Crippen LogP contribution in [0, 0.1) is 12.8 Å². The molecule has 2 aromatic carbocycles. The number of aryl methyl sites for hydroxylation is 1. The minimum absolute atomic E-state index is 0.147. The SMILES string of the molecule is Cc1ccc(OCC(=O)N(Cc2cccc(Cl)c2)[C@H](C)C(=O)NCC(C)C)cc1. The Kier molecular flexibility index (Phi) is 8.52. The largest absolute Gasteiger partial charge is 0.484 e. The topological polar surface area (TPSA) is 58.6 Å². The lowest BCUT2D eigenvalue weighted by atomic mass is 10.1. The molecule has 0 spiro atoms. The van der Waals surface area contributed by atoms with Crippen molar-refractivity contribution in [1.82, 2.24) is 10.2 Å². The molecule has 5 nitrogen and oxygen atoms in total. The van der Waals surface area contributed by atoms with Crippen molar-refractivity contribution in [2.75, 3.05) is 13.2 Å². The van der Waals surface area contributed by atoms with E-state index in [4.69, 9.17) is 16.3 Å². The van der Waals surface area contributed by atoms with Crippen molar-refractivity contribution in [2.45, 2.75) is 40.3 Å². The molecule has 6 heteroatoms. The van der Waals surface area contributed by atoms with Gasteiger partial charge in [0.1, 0.15) is 11.8 Å². The average molecular weight is 417 g/mol. The van der Waals surface area contributed by atoms with E-state index in [1.54, 1.807) is 19.1 Å². The van der Waals surface area contributed by atoms with E-state index >= 15 is 0 Å². The van der Waals surface area contributed by atoms with Gasteiger partial charge in [-0.3, -0.25) is 9.59 Å². The molecule has 29 heavy (non-hydrogen) atoms. The van der Waals surface area contributed by atoms with E-state index < -0.39 is 6.04 Å². The van der Waals surface area contributed by atoms with Crippen LogP contribution in [0.4, 0.5) is 0 Å². The van der Waals surface area contributed by atoms with E-state index in [2.05, 4.69) is 5.32 Å². The first-order valence-corrected chi connectivity index (χ1v) is 10.1. The summed E-state index contributed by atoms with van der Waals surface area (Å²) in [5.74, 6) is 0.485. The number of hydrogen-bond acceptors (Lipinski definition) is 3. The van der Waals surface area contributed by atoms with E-state index in [0.717, 1.165) is 11.1 Å².